The summed E-state index contributed by atoms with van der Waals surface area (Å²) >= 11 is 0. The molecule has 1 heterocycles. The predicted molar refractivity (Wildman–Crippen MR) is 110 cm³/mol. The summed E-state index contributed by atoms with van der Waals surface area (Å²) in [7, 11) is -3.23. The van der Waals surface area contributed by atoms with E-state index >= 15 is 0 Å². The van der Waals surface area contributed by atoms with E-state index in [1.54, 1.807) is 36.4 Å². The minimum Gasteiger partial charge on any atom is -0.426 e. The molecule has 0 atom stereocenters. The van der Waals surface area contributed by atoms with E-state index in [2.05, 4.69) is 0 Å². The van der Waals surface area contributed by atoms with Crippen LogP contribution in [0.4, 0.5) is 0 Å². The Balaban J connectivity index is 1.56. The molecular weight excluding hydrogens is 390 g/mol. The first-order valence-electron chi connectivity index (χ1n) is 9.80. The Bertz CT molecular complexity index is 946. The number of nitrogens with zero attached hydrogens (tertiary/aromatic N) is 1. The van der Waals surface area contributed by atoms with Gasteiger partial charge in [-0.2, -0.15) is 0 Å². The standard InChI is InChI=1S/C22H25NO5S/c1-2-16-29(26,27)23-14-12-19(13-15-23)22(25)28-20-10-8-18(9-11-20)21(24)17-6-4-3-5-7-17/h3-11,19H,2,12-16H2,1H3. The highest BCUT2D eigenvalue weighted by Crippen LogP contribution is 2.23. The summed E-state index contributed by atoms with van der Waals surface area (Å²) in [5.41, 5.74) is 1.12. The molecule has 2 aromatic carbocycles. The first kappa shape index (κ1) is 21.2. The molecule has 6 nitrogen and oxygen atoms in total. The summed E-state index contributed by atoms with van der Waals surface area (Å²) < 4.78 is 31.2. The number of esters is 1. The highest BCUT2D eigenvalue weighted by molar-refractivity contribution is 7.89. The molecule has 0 N–H and O–H groups in total. The van der Waals surface area contributed by atoms with Crippen molar-refractivity contribution in [1.29, 1.82) is 0 Å². The zero-order valence-electron chi connectivity index (χ0n) is 16.4. The van der Waals surface area contributed by atoms with Gasteiger partial charge in [0.15, 0.2) is 5.78 Å². The van der Waals surface area contributed by atoms with E-state index in [1.807, 2.05) is 25.1 Å². The summed E-state index contributed by atoms with van der Waals surface area (Å²) in [6, 6.07) is 15.5. The van der Waals surface area contributed by atoms with E-state index in [0.717, 1.165) is 0 Å². The Morgan fingerprint density at radius 3 is 2.14 bits per heavy atom. The Morgan fingerprint density at radius 2 is 1.55 bits per heavy atom. The van der Waals surface area contributed by atoms with Crippen LogP contribution in [0.3, 0.4) is 0 Å². The molecule has 0 amide bonds. The Morgan fingerprint density at radius 1 is 0.966 bits per heavy atom. The van der Waals surface area contributed by atoms with E-state index in [0.29, 0.717) is 49.2 Å². The summed E-state index contributed by atoms with van der Waals surface area (Å²) in [6.07, 6.45) is 1.48. The van der Waals surface area contributed by atoms with Gasteiger partial charge in [-0.25, -0.2) is 12.7 Å². The van der Waals surface area contributed by atoms with Gasteiger partial charge in [0.25, 0.3) is 0 Å². The number of sulfonamides is 1. The van der Waals surface area contributed by atoms with Crippen molar-refractivity contribution in [2.75, 3.05) is 18.8 Å². The lowest BCUT2D eigenvalue weighted by Crippen LogP contribution is -2.42. The third-order valence-corrected chi connectivity index (χ3v) is 7.09. The van der Waals surface area contributed by atoms with E-state index in [1.165, 1.54) is 4.31 Å². The molecule has 154 valence electrons. The Hall–Kier alpha value is -2.51. The number of hydrogen-bond donors (Lipinski definition) is 0. The normalized spacial score (nSPS) is 15.8. The zero-order valence-corrected chi connectivity index (χ0v) is 17.2. The van der Waals surface area contributed by atoms with Gasteiger partial charge in [-0.1, -0.05) is 37.3 Å². The molecule has 0 spiro atoms. The van der Waals surface area contributed by atoms with Gasteiger partial charge < -0.3 is 4.74 Å². The average Bonchev–Trinajstić information content (AvgIpc) is 2.74. The molecule has 0 bridgehead atoms. The maximum absolute atomic E-state index is 12.4. The largest absolute Gasteiger partial charge is 0.426 e. The number of piperidine rings is 1. The van der Waals surface area contributed by atoms with Crippen molar-refractivity contribution in [3.63, 3.8) is 0 Å². The third kappa shape index (κ3) is 5.31. The van der Waals surface area contributed by atoms with E-state index in [4.69, 9.17) is 4.74 Å². The number of carbonyl (C=O) groups is 2. The summed E-state index contributed by atoms with van der Waals surface area (Å²) in [5.74, 6) is -0.269. The van der Waals surface area contributed by atoms with Gasteiger partial charge in [-0.3, -0.25) is 9.59 Å². The van der Waals surface area contributed by atoms with Crippen molar-refractivity contribution in [3.8, 4) is 5.75 Å². The van der Waals surface area contributed by atoms with Gasteiger partial charge in [0, 0.05) is 24.2 Å². The van der Waals surface area contributed by atoms with Crippen LogP contribution in [0.15, 0.2) is 54.6 Å². The van der Waals surface area contributed by atoms with Crippen molar-refractivity contribution < 1.29 is 22.7 Å². The molecular formula is C22H25NO5S. The Kier molecular flexibility index (Phi) is 6.82. The van der Waals surface area contributed by atoms with E-state index in [9.17, 15) is 18.0 Å². The van der Waals surface area contributed by atoms with Crippen LogP contribution in [0.25, 0.3) is 0 Å². The molecule has 0 aliphatic carbocycles. The monoisotopic (exact) mass is 415 g/mol. The lowest BCUT2D eigenvalue weighted by molar-refractivity contribution is -0.140. The average molecular weight is 416 g/mol. The Labute approximate surface area is 171 Å². The van der Waals surface area contributed by atoms with Crippen LogP contribution in [0, 0.1) is 5.92 Å². The van der Waals surface area contributed by atoms with Crippen LogP contribution in [0.1, 0.15) is 42.1 Å². The smallest absolute Gasteiger partial charge is 0.314 e. The fourth-order valence-electron chi connectivity index (χ4n) is 3.39. The van der Waals surface area contributed by atoms with Gasteiger partial charge in [-0.15, -0.1) is 0 Å². The zero-order chi connectivity index (χ0) is 20.9. The fraction of sp³-hybridized carbons (Fsp3) is 0.364. The van der Waals surface area contributed by atoms with Crippen LogP contribution in [-0.4, -0.2) is 43.3 Å². The van der Waals surface area contributed by atoms with Crippen molar-refractivity contribution in [2.45, 2.75) is 26.2 Å². The minimum atomic E-state index is -3.23. The molecule has 2 aromatic rings. The maximum atomic E-state index is 12.4. The summed E-state index contributed by atoms with van der Waals surface area (Å²) in [6.45, 7) is 2.51. The quantitative estimate of drug-likeness (QED) is 0.394. The molecule has 1 aliphatic rings. The van der Waals surface area contributed by atoms with Crippen LogP contribution in [0.2, 0.25) is 0 Å². The molecule has 7 heteroatoms. The molecule has 1 aliphatic heterocycles. The van der Waals surface area contributed by atoms with Crippen molar-refractivity contribution >= 4 is 21.8 Å². The number of ketones is 1. The van der Waals surface area contributed by atoms with Gasteiger partial charge in [0.2, 0.25) is 10.0 Å². The van der Waals surface area contributed by atoms with Gasteiger partial charge >= 0.3 is 5.97 Å². The molecule has 1 saturated heterocycles. The number of ether oxygens (including phenoxy) is 1. The maximum Gasteiger partial charge on any atom is 0.314 e. The second kappa shape index (κ2) is 9.33. The van der Waals surface area contributed by atoms with Crippen LogP contribution >= 0.6 is 0 Å². The second-order valence-electron chi connectivity index (χ2n) is 7.13. The van der Waals surface area contributed by atoms with Crippen molar-refractivity contribution in [3.05, 3.63) is 65.7 Å². The molecule has 0 radical (unpaired) electrons. The van der Waals surface area contributed by atoms with Gasteiger partial charge in [0.05, 0.1) is 11.7 Å². The van der Waals surface area contributed by atoms with E-state index < -0.39 is 10.0 Å². The first-order valence-corrected chi connectivity index (χ1v) is 11.4. The van der Waals surface area contributed by atoms with Gasteiger partial charge in [-0.05, 0) is 43.5 Å². The number of hydrogen-bond acceptors (Lipinski definition) is 5. The minimum absolute atomic E-state index is 0.0934. The third-order valence-electron chi connectivity index (χ3n) is 5.01. The number of benzene rings is 2. The van der Waals surface area contributed by atoms with E-state index in [-0.39, 0.29) is 23.4 Å². The molecule has 0 unspecified atom stereocenters. The molecule has 0 saturated carbocycles. The topological polar surface area (TPSA) is 80.8 Å². The molecule has 29 heavy (non-hydrogen) atoms. The number of carbonyl (C=O) groups excluding carboxylic acids is 2. The second-order valence-corrected chi connectivity index (χ2v) is 9.22. The SMILES string of the molecule is CCCS(=O)(=O)N1CCC(C(=O)Oc2ccc(C(=O)c3ccccc3)cc2)CC1. The van der Waals surface area contributed by atoms with Crippen LogP contribution < -0.4 is 4.74 Å². The molecule has 0 aromatic heterocycles. The van der Waals surface area contributed by atoms with Crippen molar-refractivity contribution in [2.24, 2.45) is 5.92 Å². The lowest BCUT2D eigenvalue weighted by Gasteiger charge is -2.30. The highest BCUT2D eigenvalue weighted by Gasteiger charge is 2.31. The summed E-state index contributed by atoms with van der Waals surface area (Å²) in [5, 5.41) is 0. The highest BCUT2D eigenvalue weighted by atomic mass is 32.2. The lowest BCUT2D eigenvalue weighted by atomic mass is 9.98. The molecule has 1 fully saturated rings. The number of rotatable bonds is 7. The van der Waals surface area contributed by atoms with Crippen LogP contribution in [-0.2, 0) is 14.8 Å². The van der Waals surface area contributed by atoms with Crippen LogP contribution in [0.5, 0.6) is 5.75 Å². The predicted octanol–water partition coefficient (Wildman–Crippen LogP) is 3.27. The van der Waals surface area contributed by atoms with Crippen molar-refractivity contribution in [1.82, 2.24) is 4.31 Å². The first-order chi connectivity index (χ1) is 13.9. The fourth-order valence-corrected chi connectivity index (χ4v) is 4.93. The van der Waals surface area contributed by atoms with Gasteiger partial charge in [0.1, 0.15) is 5.75 Å². The molecule has 3 rings (SSSR count). The summed E-state index contributed by atoms with van der Waals surface area (Å²) in [4.78, 5) is 24.9.